The molecular formula is C14H14FN3O2. The number of nitrogens with one attached hydrogen (secondary N) is 1. The van der Waals surface area contributed by atoms with Crippen LogP contribution in [-0.4, -0.2) is 16.1 Å². The Hall–Kier alpha value is -2.24. The van der Waals surface area contributed by atoms with Crippen molar-refractivity contribution in [3.63, 3.8) is 0 Å². The summed E-state index contributed by atoms with van der Waals surface area (Å²) >= 11 is 0. The Morgan fingerprint density at radius 2 is 2.05 bits per heavy atom. The summed E-state index contributed by atoms with van der Waals surface area (Å²) in [5, 5.41) is 10.3. The van der Waals surface area contributed by atoms with Gasteiger partial charge in [-0.1, -0.05) is 23.7 Å². The van der Waals surface area contributed by atoms with Crippen molar-refractivity contribution in [1.29, 1.82) is 0 Å². The molecule has 1 aliphatic rings. The van der Waals surface area contributed by atoms with E-state index in [0.717, 1.165) is 24.8 Å². The van der Waals surface area contributed by atoms with Gasteiger partial charge in [0.2, 0.25) is 11.8 Å². The summed E-state index contributed by atoms with van der Waals surface area (Å²) in [5.41, 5.74) is 0.868. The van der Waals surface area contributed by atoms with Gasteiger partial charge in [0.15, 0.2) is 0 Å². The number of nitrogens with zero attached hydrogens (tertiary/aromatic N) is 2. The van der Waals surface area contributed by atoms with Crippen molar-refractivity contribution >= 4 is 11.9 Å². The van der Waals surface area contributed by atoms with Gasteiger partial charge in [0.05, 0.1) is 6.42 Å². The van der Waals surface area contributed by atoms with E-state index in [1.54, 1.807) is 12.1 Å². The number of anilines is 1. The highest BCUT2D eigenvalue weighted by molar-refractivity contribution is 5.91. The summed E-state index contributed by atoms with van der Waals surface area (Å²) in [6, 6.07) is 6.20. The number of amides is 1. The van der Waals surface area contributed by atoms with E-state index in [1.807, 2.05) is 0 Å². The van der Waals surface area contributed by atoms with Crippen LogP contribution in [0.2, 0.25) is 0 Å². The molecule has 6 heteroatoms. The van der Waals surface area contributed by atoms with E-state index >= 15 is 0 Å². The second-order valence-electron chi connectivity index (χ2n) is 4.92. The number of rotatable bonds is 4. The van der Waals surface area contributed by atoms with Crippen molar-refractivity contribution in [2.75, 3.05) is 5.32 Å². The lowest BCUT2D eigenvalue weighted by molar-refractivity contribution is -0.122. The molecule has 1 N–H and O–H groups in total. The second-order valence-corrected chi connectivity index (χ2v) is 4.92. The van der Waals surface area contributed by atoms with E-state index in [2.05, 4.69) is 15.5 Å². The lowest BCUT2D eigenvalue weighted by Crippen LogP contribution is -2.28. The number of benzene rings is 1. The first-order valence-corrected chi connectivity index (χ1v) is 6.58. The van der Waals surface area contributed by atoms with Crippen molar-refractivity contribution < 1.29 is 13.6 Å². The summed E-state index contributed by atoms with van der Waals surface area (Å²) in [6.45, 7) is 0. The Morgan fingerprint density at radius 3 is 2.70 bits per heavy atom. The lowest BCUT2D eigenvalue weighted by atomic mass is 9.85. The third-order valence-corrected chi connectivity index (χ3v) is 3.44. The normalized spacial score (nSPS) is 14.8. The fourth-order valence-corrected chi connectivity index (χ4v) is 2.03. The zero-order chi connectivity index (χ0) is 13.9. The minimum absolute atomic E-state index is 0.0618. The highest BCUT2D eigenvalue weighted by atomic mass is 19.1. The van der Waals surface area contributed by atoms with Crippen LogP contribution in [0.25, 0.3) is 0 Å². The van der Waals surface area contributed by atoms with Crippen LogP contribution < -0.4 is 5.32 Å². The van der Waals surface area contributed by atoms with Gasteiger partial charge in [-0.25, -0.2) is 4.39 Å². The first kappa shape index (κ1) is 12.8. The number of aromatic nitrogens is 2. The van der Waals surface area contributed by atoms with Gasteiger partial charge in [-0.3, -0.25) is 10.1 Å². The summed E-state index contributed by atoms with van der Waals surface area (Å²) in [6.07, 6.45) is 3.34. The van der Waals surface area contributed by atoms with E-state index in [4.69, 9.17) is 4.42 Å². The van der Waals surface area contributed by atoms with Gasteiger partial charge in [-0.2, -0.15) is 0 Å². The summed E-state index contributed by atoms with van der Waals surface area (Å²) in [7, 11) is 0. The maximum atomic E-state index is 12.8. The molecule has 0 atom stereocenters. The largest absolute Gasteiger partial charge is 0.407 e. The van der Waals surface area contributed by atoms with E-state index in [0.29, 0.717) is 12.3 Å². The number of hydrogen-bond acceptors (Lipinski definition) is 4. The molecule has 2 aromatic rings. The molecule has 0 spiro atoms. The van der Waals surface area contributed by atoms with Crippen LogP contribution in [-0.2, 0) is 11.2 Å². The van der Waals surface area contributed by atoms with Crippen LogP contribution in [0.5, 0.6) is 0 Å². The molecule has 1 aromatic heterocycles. The van der Waals surface area contributed by atoms with Crippen LogP contribution in [0, 0.1) is 11.7 Å². The molecule has 0 aliphatic heterocycles. The van der Waals surface area contributed by atoms with Crippen molar-refractivity contribution in [2.24, 2.45) is 5.92 Å². The van der Waals surface area contributed by atoms with Crippen LogP contribution in [0.4, 0.5) is 10.4 Å². The predicted molar refractivity (Wildman–Crippen MR) is 69.5 cm³/mol. The highest BCUT2D eigenvalue weighted by Gasteiger charge is 2.26. The van der Waals surface area contributed by atoms with Gasteiger partial charge < -0.3 is 4.42 Å². The van der Waals surface area contributed by atoms with E-state index in [-0.39, 0.29) is 23.7 Å². The van der Waals surface area contributed by atoms with Crippen LogP contribution in [0.15, 0.2) is 28.7 Å². The SMILES string of the molecule is O=C(Nc1nnc(Cc2ccc(F)cc2)o1)C1CCC1. The highest BCUT2D eigenvalue weighted by Crippen LogP contribution is 2.27. The quantitative estimate of drug-likeness (QED) is 0.931. The molecule has 1 aliphatic carbocycles. The van der Waals surface area contributed by atoms with Gasteiger partial charge in [0.1, 0.15) is 5.82 Å². The molecule has 1 fully saturated rings. The average molecular weight is 275 g/mol. The van der Waals surface area contributed by atoms with Gasteiger partial charge in [0.25, 0.3) is 0 Å². The van der Waals surface area contributed by atoms with Crippen molar-refractivity contribution in [2.45, 2.75) is 25.7 Å². The fraction of sp³-hybridized carbons (Fsp3) is 0.357. The average Bonchev–Trinajstić information content (AvgIpc) is 2.77. The van der Waals surface area contributed by atoms with E-state index < -0.39 is 0 Å². The maximum absolute atomic E-state index is 12.8. The van der Waals surface area contributed by atoms with Gasteiger partial charge >= 0.3 is 6.01 Å². The number of carbonyl (C=O) groups excluding carboxylic acids is 1. The Morgan fingerprint density at radius 1 is 1.30 bits per heavy atom. The van der Waals surface area contributed by atoms with E-state index in [1.165, 1.54) is 12.1 Å². The molecule has 3 rings (SSSR count). The molecule has 5 nitrogen and oxygen atoms in total. The monoisotopic (exact) mass is 275 g/mol. The molecule has 1 aromatic carbocycles. The molecule has 0 bridgehead atoms. The minimum atomic E-state index is -0.285. The molecule has 1 amide bonds. The van der Waals surface area contributed by atoms with Gasteiger partial charge in [-0.15, -0.1) is 5.10 Å². The smallest absolute Gasteiger partial charge is 0.322 e. The van der Waals surface area contributed by atoms with E-state index in [9.17, 15) is 9.18 Å². The Labute approximate surface area is 115 Å². The molecule has 1 heterocycles. The first-order valence-electron chi connectivity index (χ1n) is 6.58. The third kappa shape index (κ3) is 2.84. The standard InChI is InChI=1S/C14H14FN3O2/c15-11-6-4-9(5-7-11)8-12-17-18-14(20-12)16-13(19)10-2-1-3-10/h4-7,10H,1-3,8H2,(H,16,18,19). The first-order chi connectivity index (χ1) is 9.70. The topological polar surface area (TPSA) is 68.0 Å². The molecule has 1 saturated carbocycles. The zero-order valence-electron chi connectivity index (χ0n) is 10.8. The lowest BCUT2D eigenvalue weighted by Gasteiger charge is -2.22. The minimum Gasteiger partial charge on any atom is -0.407 e. The Bertz CT molecular complexity index is 605. The second kappa shape index (κ2) is 5.40. The van der Waals surface area contributed by atoms with Crippen LogP contribution in [0.1, 0.15) is 30.7 Å². The number of halogens is 1. The van der Waals surface area contributed by atoms with Crippen molar-refractivity contribution in [1.82, 2.24) is 10.2 Å². The molecule has 104 valence electrons. The van der Waals surface area contributed by atoms with Gasteiger partial charge in [0, 0.05) is 5.92 Å². The summed E-state index contributed by atoms with van der Waals surface area (Å²) < 4.78 is 18.1. The molecule has 0 saturated heterocycles. The van der Waals surface area contributed by atoms with Crippen LogP contribution in [0.3, 0.4) is 0 Å². The molecular weight excluding hydrogens is 261 g/mol. The predicted octanol–water partition coefficient (Wildman–Crippen LogP) is 2.54. The summed E-state index contributed by atoms with van der Waals surface area (Å²) in [4.78, 5) is 11.7. The Kier molecular flexibility index (Phi) is 3.45. The van der Waals surface area contributed by atoms with Crippen molar-refractivity contribution in [3.8, 4) is 0 Å². The molecule has 20 heavy (non-hydrogen) atoms. The fourth-order valence-electron chi connectivity index (χ4n) is 2.03. The number of hydrogen-bond donors (Lipinski definition) is 1. The third-order valence-electron chi connectivity index (χ3n) is 3.44. The molecule has 0 unspecified atom stereocenters. The number of carbonyl (C=O) groups is 1. The Balaban J connectivity index is 1.61. The molecule has 0 radical (unpaired) electrons. The maximum Gasteiger partial charge on any atom is 0.322 e. The van der Waals surface area contributed by atoms with Crippen LogP contribution >= 0.6 is 0 Å². The zero-order valence-corrected chi connectivity index (χ0v) is 10.8. The summed E-state index contributed by atoms with van der Waals surface area (Å²) in [5.74, 6) is 0.115. The van der Waals surface area contributed by atoms with Gasteiger partial charge in [-0.05, 0) is 30.5 Å². The van der Waals surface area contributed by atoms with Crippen molar-refractivity contribution in [3.05, 3.63) is 41.5 Å².